The predicted molar refractivity (Wildman–Crippen MR) is 103 cm³/mol. The number of amides is 1. The molecule has 12 nitrogen and oxygen atoms in total. The third-order valence-corrected chi connectivity index (χ3v) is 4.53. The molecular formula is C18H25NO11S. The fraction of sp³-hybridized carbons (Fsp3) is 0.667. The van der Waals surface area contributed by atoms with Crippen molar-refractivity contribution in [3.05, 3.63) is 0 Å². The Morgan fingerprint density at radius 1 is 0.806 bits per heavy atom. The van der Waals surface area contributed by atoms with Crippen LogP contribution in [0.3, 0.4) is 0 Å². The van der Waals surface area contributed by atoms with Gasteiger partial charge in [-0.15, -0.1) is 0 Å². The van der Waals surface area contributed by atoms with Crippen LogP contribution in [-0.2, 0) is 52.5 Å². The number of ether oxygens (including phenoxy) is 5. The maximum Gasteiger partial charge on any atom is 0.305 e. The highest BCUT2D eigenvalue weighted by Gasteiger charge is 2.52. The van der Waals surface area contributed by atoms with E-state index >= 15 is 0 Å². The van der Waals surface area contributed by atoms with E-state index in [0.717, 1.165) is 39.5 Å². The number of nitrogens with one attached hydrogen (secondary N) is 1. The first kappa shape index (κ1) is 26.4. The van der Waals surface area contributed by atoms with E-state index in [1.807, 2.05) is 0 Å². The lowest BCUT2D eigenvalue weighted by molar-refractivity contribution is -0.270. The topological polar surface area (TPSA) is 161 Å². The van der Waals surface area contributed by atoms with E-state index in [1.165, 1.54) is 6.92 Å². The second-order valence-electron chi connectivity index (χ2n) is 6.48. The second-order valence-corrected chi connectivity index (χ2v) is 7.63. The van der Waals surface area contributed by atoms with Gasteiger partial charge in [0.05, 0.1) is 5.75 Å². The molecule has 1 aliphatic heterocycles. The number of rotatable bonds is 8. The largest absolute Gasteiger partial charge is 0.463 e. The molecule has 1 N–H and O–H groups in total. The minimum absolute atomic E-state index is 0.263. The fourth-order valence-electron chi connectivity index (χ4n) is 2.71. The van der Waals surface area contributed by atoms with Gasteiger partial charge in [0.15, 0.2) is 17.3 Å². The molecule has 174 valence electrons. The van der Waals surface area contributed by atoms with Crippen LogP contribution < -0.4 is 5.32 Å². The highest BCUT2D eigenvalue weighted by molar-refractivity contribution is 8.14. The summed E-state index contributed by atoms with van der Waals surface area (Å²) in [4.78, 5) is 69.6. The zero-order valence-electron chi connectivity index (χ0n) is 17.7. The Morgan fingerprint density at radius 3 is 1.84 bits per heavy atom. The van der Waals surface area contributed by atoms with Crippen LogP contribution in [0.4, 0.5) is 0 Å². The first-order valence-corrected chi connectivity index (χ1v) is 10.1. The number of carbonyl (C=O) groups excluding carboxylic acids is 6. The minimum Gasteiger partial charge on any atom is -0.463 e. The summed E-state index contributed by atoms with van der Waals surface area (Å²) >= 11 is 0.731. The number of esters is 4. The molecule has 1 amide bonds. The lowest BCUT2D eigenvalue weighted by atomic mass is 9.96. The quantitative estimate of drug-likeness (QED) is 0.362. The Balaban J connectivity index is 3.29. The Morgan fingerprint density at radius 2 is 1.35 bits per heavy atom. The van der Waals surface area contributed by atoms with Crippen molar-refractivity contribution in [1.29, 1.82) is 0 Å². The third-order valence-electron chi connectivity index (χ3n) is 3.72. The molecule has 1 fully saturated rings. The molecule has 0 saturated carbocycles. The van der Waals surface area contributed by atoms with Gasteiger partial charge in [-0.25, -0.2) is 0 Å². The molecule has 0 aromatic heterocycles. The lowest BCUT2D eigenvalue weighted by Crippen LogP contribution is -2.67. The minimum atomic E-state index is -1.47. The van der Waals surface area contributed by atoms with Crippen molar-refractivity contribution in [2.24, 2.45) is 0 Å². The third kappa shape index (κ3) is 9.34. The highest BCUT2D eigenvalue weighted by atomic mass is 32.2. The fourth-order valence-corrected chi connectivity index (χ4v) is 3.13. The van der Waals surface area contributed by atoms with Crippen LogP contribution in [-0.4, -0.2) is 77.9 Å². The summed E-state index contributed by atoms with van der Waals surface area (Å²) in [5.74, 6) is -3.89. The molecular weight excluding hydrogens is 438 g/mol. The Labute approximate surface area is 182 Å². The van der Waals surface area contributed by atoms with Gasteiger partial charge in [0.2, 0.25) is 12.2 Å². The van der Waals surface area contributed by atoms with Crippen molar-refractivity contribution in [1.82, 2.24) is 5.32 Å². The Bertz CT molecular complexity index is 725. The number of hydrogen-bond acceptors (Lipinski definition) is 12. The summed E-state index contributed by atoms with van der Waals surface area (Å²) in [6.07, 6.45) is -5.31. The van der Waals surface area contributed by atoms with Crippen LogP contribution in [0.25, 0.3) is 0 Å². The molecule has 1 aliphatic rings. The Hall–Kier alpha value is -2.67. The van der Waals surface area contributed by atoms with E-state index in [0.29, 0.717) is 0 Å². The number of carbonyl (C=O) groups is 6. The van der Waals surface area contributed by atoms with E-state index in [1.54, 1.807) is 0 Å². The van der Waals surface area contributed by atoms with Crippen LogP contribution >= 0.6 is 11.8 Å². The summed E-state index contributed by atoms with van der Waals surface area (Å²) in [7, 11) is 0. The van der Waals surface area contributed by atoms with E-state index in [9.17, 15) is 28.8 Å². The Kier molecular flexibility index (Phi) is 10.4. The lowest BCUT2D eigenvalue weighted by Gasteiger charge is -2.44. The van der Waals surface area contributed by atoms with E-state index < -0.39 is 67.0 Å². The molecule has 13 heteroatoms. The van der Waals surface area contributed by atoms with Crippen LogP contribution in [0.5, 0.6) is 0 Å². The van der Waals surface area contributed by atoms with Gasteiger partial charge in [-0.05, 0) is 0 Å². The predicted octanol–water partition coefficient (Wildman–Crippen LogP) is -0.535. The van der Waals surface area contributed by atoms with Gasteiger partial charge in [-0.2, -0.15) is 0 Å². The maximum atomic E-state index is 12.3. The summed E-state index contributed by atoms with van der Waals surface area (Å²) < 4.78 is 26.2. The van der Waals surface area contributed by atoms with Gasteiger partial charge in [0.1, 0.15) is 18.8 Å². The van der Waals surface area contributed by atoms with Crippen LogP contribution in [0, 0.1) is 0 Å². The SMILES string of the molecule is CC(=O)OC[C@H]1O[C@H](OC(C)=O)[C@@H](NC(=O)CSC(C)=O)[C@@H](OC(C)=O)[C@@H]1OC(C)=O. The zero-order chi connectivity index (χ0) is 23.7. The van der Waals surface area contributed by atoms with Gasteiger partial charge in [0, 0.05) is 34.6 Å². The first-order chi connectivity index (χ1) is 14.4. The average Bonchev–Trinajstić information content (AvgIpc) is 2.62. The standard InChI is InChI=1S/C18H25NO11S/c1-8(20)26-6-13-16(27-9(2)21)17(28-10(3)22)15(18(30-13)29-11(4)23)19-14(25)7-31-12(5)24/h13,15-18H,6-7H2,1-5H3,(H,19,25)/t13-,15+,16-,17-,18+/m1/s1. The molecule has 0 spiro atoms. The molecule has 1 heterocycles. The number of hydrogen-bond donors (Lipinski definition) is 1. The monoisotopic (exact) mass is 463 g/mol. The van der Waals surface area contributed by atoms with E-state index in [4.69, 9.17) is 23.7 Å². The number of thioether (sulfide) groups is 1. The summed E-state index contributed by atoms with van der Waals surface area (Å²) in [5, 5.41) is 2.18. The first-order valence-electron chi connectivity index (χ1n) is 9.14. The van der Waals surface area contributed by atoms with Gasteiger partial charge in [0.25, 0.3) is 0 Å². The molecule has 1 saturated heterocycles. The normalized spacial score (nSPS) is 25.0. The molecule has 0 aromatic carbocycles. The van der Waals surface area contributed by atoms with Crippen LogP contribution in [0.2, 0.25) is 0 Å². The van der Waals surface area contributed by atoms with Gasteiger partial charge < -0.3 is 29.0 Å². The summed E-state index contributed by atoms with van der Waals surface area (Å²) in [6.45, 7) is 5.29. The molecule has 0 aromatic rings. The van der Waals surface area contributed by atoms with E-state index in [2.05, 4.69) is 5.32 Å². The van der Waals surface area contributed by atoms with Gasteiger partial charge in [-0.3, -0.25) is 28.8 Å². The zero-order valence-corrected chi connectivity index (χ0v) is 18.5. The second kappa shape index (κ2) is 12.2. The van der Waals surface area contributed by atoms with Crippen molar-refractivity contribution in [2.45, 2.75) is 65.3 Å². The van der Waals surface area contributed by atoms with Gasteiger partial charge in [-0.1, -0.05) is 11.8 Å². The highest BCUT2D eigenvalue weighted by Crippen LogP contribution is 2.28. The molecule has 0 aliphatic carbocycles. The average molecular weight is 463 g/mol. The molecule has 0 bridgehead atoms. The van der Waals surface area contributed by atoms with Crippen LogP contribution in [0.15, 0.2) is 0 Å². The van der Waals surface area contributed by atoms with Gasteiger partial charge >= 0.3 is 23.9 Å². The molecule has 0 unspecified atom stereocenters. The summed E-state index contributed by atoms with van der Waals surface area (Å²) in [5.41, 5.74) is 0. The van der Waals surface area contributed by atoms with Crippen molar-refractivity contribution in [3.63, 3.8) is 0 Å². The van der Waals surface area contributed by atoms with Crippen molar-refractivity contribution in [3.8, 4) is 0 Å². The maximum absolute atomic E-state index is 12.3. The van der Waals surface area contributed by atoms with Crippen molar-refractivity contribution < 1.29 is 52.5 Å². The van der Waals surface area contributed by atoms with Crippen molar-refractivity contribution >= 4 is 46.7 Å². The smallest absolute Gasteiger partial charge is 0.305 e. The molecule has 5 atom stereocenters. The van der Waals surface area contributed by atoms with E-state index in [-0.39, 0.29) is 10.9 Å². The summed E-state index contributed by atoms with van der Waals surface area (Å²) in [6, 6.07) is -1.29. The van der Waals surface area contributed by atoms with Crippen molar-refractivity contribution in [2.75, 3.05) is 12.4 Å². The van der Waals surface area contributed by atoms with Crippen LogP contribution in [0.1, 0.15) is 34.6 Å². The molecule has 0 radical (unpaired) electrons. The molecule has 31 heavy (non-hydrogen) atoms. The molecule has 1 rings (SSSR count).